The summed E-state index contributed by atoms with van der Waals surface area (Å²) in [7, 11) is 4.17. The SMILES string of the molecule is CNCC(C)CN(C)c1ccccc1C. The van der Waals surface area contributed by atoms with E-state index in [1.807, 2.05) is 7.05 Å². The molecule has 0 saturated heterocycles. The van der Waals surface area contributed by atoms with Crippen LogP contribution in [0.15, 0.2) is 24.3 Å². The molecule has 1 unspecified atom stereocenters. The van der Waals surface area contributed by atoms with Crippen molar-refractivity contribution in [3.05, 3.63) is 29.8 Å². The van der Waals surface area contributed by atoms with E-state index >= 15 is 0 Å². The monoisotopic (exact) mass is 206 g/mol. The Bertz CT molecular complexity index is 296. The van der Waals surface area contributed by atoms with Gasteiger partial charge in [-0.2, -0.15) is 0 Å². The van der Waals surface area contributed by atoms with Crippen LogP contribution in [0.25, 0.3) is 0 Å². The van der Waals surface area contributed by atoms with Crippen molar-refractivity contribution in [3.8, 4) is 0 Å². The van der Waals surface area contributed by atoms with Gasteiger partial charge >= 0.3 is 0 Å². The molecule has 1 rings (SSSR count). The van der Waals surface area contributed by atoms with Gasteiger partial charge in [0.25, 0.3) is 0 Å². The van der Waals surface area contributed by atoms with Crippen molar-refractivity contribution in [2.24, 2.45) is 5.92 Å². The number of para-hydroxylation sites is 1. The lowest BCUT2D eigenvalue weighted by Gasteiger charge is -2.24. The van der Waals surface area contributed by atoms with Crippen molar-refractivity contribution < 1.29 is 0 Å². The maximum atomic E-state index is 3.21. The van der Waals surface area contributed by atoms with Gasteiger partial charge in [0, 0.05) is 19.3 Å². The van der Waals surface area contributed by atoms with E-state index in [-0.39, 0.29) is 0 Å². The predicted molar refractivity (Wildman–Crippen MR) is 67.5 cm³/mol. The molecule has 0 aliphatic rings. The zero-order valence-electron chi connectivity index (χ0n) is 10.2. The van der Waals surface area contributed by atoms with Crippen LogP contribution in [-0.2, 0) is 0 Å². The maximum Gasteiger partial charge on any atom is 0.0393 e. The second kappa shape index (κ2) is 5.76. The Hall–Kier alpha value is -1.02. The molecule has 0 spiro atoms. The fraction of sp³-hybridized carbons (Fsp3) is 0.538. The van der Waals surface area contributed by atoms with E-state index in [2.05, 4.69) is 55.4 Å². The molecule has 0 heterocycles. The molecule has 0 bridgehead atoms. The first-order chi connectivity index (χ1) is 7.15. The molecule has 2 heteroatoms. The summed E-state index contributed by atoms with van der Waals surface area (Å²) < 4.78 is 0. The Kier molecular flexibility index (Phi) is 4.63. The van der Waals surface area contributed by atoms with Gasteiger partial charge in [0.15, 0.2) is 0 Å². The van der Waals surface area contributed by atoms with Gasteiger partial charge in [-0.1, -0.05) is 25.1 Å². The summed E-state index contributed by atoms with van der Waals surface area (Å²) in [6, 6.07) is 8.53. The van der Waals surface area contributed by atoms with Gasteiger partial charge in [-0.15, -0.1) is 0 Å². The molecule has 1 aromatic carbocycles. The third-order valence-electron chi connectivity index (χ3n) is 2.66. The van der Waals surface area contributed by atoms with Crippen LogP contribution in [-0.4, -0.2) is 27.2 Å². The van der Waals surface area contributed by atoms with E-state index in [0.29, 0.717) is 5.92 Å². The Morgan fingerprint density at radius 1 is 1.33 bits per heavy atom. The lowest BCUT2D eigenvalue weighted by molar-refractivity contribution is 0.542. The normalized spacial score (nSPS) is 12.5. The Morgan fingerprint density at radius 3 is 2.60 bits per heavy atom. The van der Waals surface area contributed by atoms with Crippen LogP contribution in [0.2, 0.25) is 0 Å². The van der Waals surface area contributed by atoms with Crippen LogP contribution in [0, 0.1) is 12.8 Å². The number of aryl methyl sites for hydroxylation is 1. The van der Waals surface area contributed by atoms with Gasteiger partial charge in [-0.25, -0.2) is 0 Å². The number of rotatable bonds is 5. The average Bonchev–Trinajstić information content (AvgIpc) is 2.18. The maximum absolute atomic E-state index is 3.21. The van der Waals surface area contributed by atoms with Crippen molar-refractivity contribution in [3.63, 3.8) is 0 Å². The summed E-state index contributed by atoms with van der Waals surface area (Å²) in [6.07, 6.45) is 0. The second-order valence-electron chi connectivity index (χ2n) is 4.33. The van der Waals surface area contributed by atoms with E-state index in [9.17, 15) is 0 Å². The highest BCUT2D eigenvalue weighted by Crippen LogP contribution is 2.18. The molecule has 0 saturated carbocycles. The summed E-state index contributed by atoms with van der Waals surface area (Å²) in [5, 5.41) is 3.21. The summed E-state index contributed by atoms with van der Waals surface area (Å²) in [6.45, 7) is 6.59. The third-order valence-corrected chi connectivity index (χ3v) is 2.66. The Morgan fingerprint density at radius 2 is 2.00 bits per heavy atom. The first-order valence-electron chi connectivity index (χ1n) is 5.56. The van der Waals surface area contributed by atoms with Crippen molar-refractivity contribution in [1.82, 2.24) is 5.32 Å². The molecule has 1 N–H and O–H groups in total. The molecule has 0 fully saturated rings. The highest BCUT2D eigenvalue weighted by atomic mass is 15.1. The molecule has 0 radical (unpaired) electrons. The van der Waals surface area contributed by atoms with E-state index < -0.39 is 0 Å². The van der Waals surface area contributed by atoms with Crippen molar-refractivity contribution >= 4 is 5.69 Å². The van der Waals surface area contributed by atoms with Gasteiger partial charge < -0.3 is 10.2 Å². The van der Waals surface area contributed by atoms with Gasteiger partial charge in [-0.3, -0.25) is 0 Å². The molecule has 0 aliphatic carbocycles. The number of hydrogen-bond donors (Lipinski definition) is 1. The molecule has 2 nitrogen and oxygen atoms in total. The molecule has 1 atom stereocenters. The Labute approximate surface area is 93.3 Å². The van der Waals surface area contributed by atoms with Crippen molar-refractivity contribution in [2.45, 2.75) is 13.8 Å². The fourth-order valence-corrected chi connectivity index (χ4v) is 1.97. The van der Waals surface area contributed by atoms with Gasteiger partial charge in [0.05, 0.1) is 0 Å². The number of benzene rings is 1. The van der Waals surface area contributed by atoms with Crippen LogP contribution >= 0.6 is 0 Å². The smallest absolute Gasteiger partial charge is 0.0393 e. The van der Waals surface area contributed by atoms with Crippen LogP contribution in [0.3, 0.4) is 0 Å². The molecule has 0 amide bonds. The minimum atomic E-state index is 0.666. The second-order valence-corrected chi connectivity index (χ2v) is 4.33. The van der Waals surface area contributed by atoms with E-state index in [0.717, 1.165) is 13.1 Å². The fourth-order valence-electron chi connectivity index (χ4n) is 1.97. The molecule has 0 aromatic heterocycles. The number of nitrogens with one attached hydrogen (secondary N) is 1. The Balaban J connectivity index is 2.61. The highest BCUT2D eigenvalue weighted by molar-refractivity contribution is 5.52. The summed E-state index contributed by atoms with van der Waals surface area (Å²) in [4.78, 5) is 2.33. The molecular formula is C13H22N2. The number of nitrogens with zero attached hydrogens (tertiary/aromatic N) is 1. The summed E-state index contributed by atoms with van der Waals surface area (Å²) >= 11 is 0. The lowest BCUT2D eigenvalue weighted by Crippen LogP contribution is -2.29. The minimum absolute atomic E-state index is 0.666. The predicted octanol–water partition coefficient (Wildman–Crippen LogP) is 2.29. The van der Waals surface area contributed by atoms with E-state index in [1.54, 1.807) is 0 Å². The minimum Gasteiger partial charge on any atom is -0.374 e. The third kappa shape index (κ3) is 3.56. The zero-order chi connectivity index (χ0) is 11.3. The summed E-state index contributed by atoms with van der Waals surface area (Å²) in [5.41, 5.74) is 2.68. The van der Waals surface area contributed by atoms with Crippen LogP contribution in [0.5, 0.6) is 0 Å². The van der Waals surface area contributed by atoms with Gasteiger partial charge in [0.1, 0.15) is 0 Å². The summed E-state index contributed by atoms with van der Waals surface area (Å²) in [5.74, 6) is 0.666. The average molecular weight is 206 g/mol. The van der Waals surface area contributed by atoms with Gasteiger partial charge in [-0.05, 0) is 38.1 Å². The topological polar surface area (TPSA) is 15.3 Å². The first kappa shape index (κ1) is 12.1. The van der Waals surface area contributed by atoms with Crippen LogP contribution < -0.4 is 10.2 Å². The van der Waals surface area contributed by atoms with E-state index in [4.69, 9.17) is 0 Å². The number of anilines is 1. The van der Waals surface area contributed by atoms with Crippen molar-refractivity contribution in [1.29, 1.82) is 0 Å². The van der Waals surface area contributed by atoms with Gasteiger partial charge in [0.2, 0.25) is 0 Å². The van der Waals surface area contributed by atoms with Crippen LogP contribution in [0.1, 0.15) is 12.5 Å². The highest BCUT2D eigenvalue weighted by Gasteiger charge is 2.07. The largest absolute Gasteiger partial charge is 0.374 e. The van der Waals surface area contributed by atoms with Crippen LogP contribution in [0.4, 0.5) is 5.69 Å². The molecular weight excluding hydrogens is 184 g/mol. The molecule has 0 aliphatic heterocycles. The van der Waals surface area contributed by atoms with E-state index in [1.165, 1.54) is 11.3 Å². The quantitative estimate of drug-likeness (QED) is 0.795. The first-order valence-corrected chi connectivity index (χ1v) is 5.56. The zero-order valence-corrected chi connectivity index (χ0v) is 10.2. The van der Waals surface area contributed by atoms with Crippen molar-refractivity contribution in [2.75, 3.05) is 32.1 Å². The standard InChI is InChI=1S/C13H22N2/c1-11(9-14-3)10-15(4)13-8-6-5-7-12(13)2/h5-8,11,14H,9-10H2,1-4H3. The molecule has 15 heavy (non-hydrogen) atoms. The molecule has 1 aromatic rings. The molecule has 84 valence electrons. The number of hydrogen-bond acceptors (Lipinski definition) is 2. The lowest BCUT2D eigenvalue weighted by atomic mass is 10.1.